The summed E-state index contributed by atoms with van der Waals surface area (Å²) < 4.78 is 86.7. The van der Waals surface area contributed by atoms with Gasteiger partial charge in [-0.1, -0.05) is 106 Å². The summed E-state index contributed by atoms with van der Waals surface area (Å²) in [6, 6.07) is 32.9. The largest absolute Gasteiger partial charge is 0.425 e. The van der Waals surface area contributed by atoms with Gasteiger partial charge in [0.1, 0.15) is 22.9 Å². The Morgan fingerprint density at radius 2 is 0.822 bits per heavy atom. The number of amides is 5. The molecule has 90 heavy (non-hydrogen) atoms. The summed E-state index contributed by atoms with van der Waals surface area (Å²) in [5.41, 5.74) is 6.51. The van der Waals surface area contributed by atoms with E-state index in [4.69, 9.17) is 23.8 Å². The lowest BCUT2D eigenvalue weighted by Crippen LogP contribution is -2.51. The van der Waals surface area contributed by atoms with Crippen LogP contribution in [0.25, 0.3) is 33.8 Å². The van der Waals surface area contributed by atoms with Gasteiger partial charge in [-0.05, 0) is 45.4 Å². The second kappa shape index (κ2) is 27.4. The SMILES string of the molecule is CC(=O)C1CS(=O)(=O)C1.NNC(=O)C1CC(NC(=O)c2cc(-c3ccccc3)no2)C1.O=C(NC1CC(C(=O)NCC(=O)C2CS(=O)(=O)C2)C1)c1cc(-c2ccccc2)no1.O=C(NC1CC(c2nnc(C3CS(=O)(=O)C3)o2)C1)c1cc(-c2ccccc2)no1. The van der Waals surface area contributed by atoms with Crippen molar-refractivity contribution in [2.24, 2.45) is 29.5 Å². The summed E-state index contributed by atoms with van der Waals surface area (Å²) in [6.45, 7) is 1.27. The van der Waals surface area contributed by atoms with Crippen LogP contribution in [-0.2, 0) is 48.7 Å². The molecule has 0 spiro atoms. The molecule has 6 fully saturated rings. The number of nitrogens with one attached hydrogen (secondary N) is 5. The first-order valence-electron chi connectivity index (χ1n) is 28.7. The second-order valence-electron chi connectivity index (χ2n) is 22.9. The van der Waals surface area contributed by atoms with Crippen LogP contribution < -0.4 is 32.5 Å². The van der Waals surface area contributed by atoms with E-state index >= 15 is 0 Å². The first-order valence-corrected chi connectivity index (χ1v) is 34.2. The fourth-order valence-corrected chi connectivity index (χ4v) is 14.9. The number of nitrogens with two attached hydrogens (primary N) is 1. The van der Waals surface area contributed by atoms with Crippen LogP contribution in [0.5, 0.6) is 0 Å². The minimum atomic E-state index is -3.07. The Morgan fingerprint density at radius 3 is 1.18 bits per heavy atom. The van der Waals surface area contributed by atoms with E-state index in [0.717, 1.165) is 16.7 Å². The van der Waals surface area contributed by atoms with Crippen molar-refractivity contribution in [3.8, 4) is 33.8 Å². The van der Waals surface area contributed by atoms with Crippen LogP contribution in [0.4, 0.5) is 0 Å². The summed E-state index contributed by atoms with van der Waals surface area (Å²) in [5.74, 6) is 3.37. The topological polar surface area (TPSA) is 425 Å². The number of carbonyl (C=O) groups excluding carboxylic acids is 7. The van der Waals surface area contributed by atoms with E-state index in [1.807, 2.05) is 91.0 Å². The second-order valence-corrected chi connectivity index (χ2v) is 29.4. The molecule has 0 atom stereocenters. The van der Waals surface area contributed by atoms with E-state index in [1.165, 1.54) is 6.92 Å². The number of ketones is 2. The van der Waals surface area contributed by atoms with Crippen molar-refractivity contribution in [1.82, 2.24) is 52.4 Å². The number of rotatable bonds is 17. The van der Waals surface area contributed by atoms with Crippen LogP contribution in [-0.4, -0.2) is 151 Å². The molecule has 7 N–H and O–H groups in total. The van der Waals surface area contributed by atoms with Crippen molar-refractivity contribution in [2.75, 3.05) is 41.1 Å². The fourth-order valence-electron chi connectivity index (χ4n) is 10.4. The van der Waals surface area contributed by atoms with Crippen molar-refractivity contribution in [3.63, 3.8) is 0 Å². The number of hydrazine groups is 1. The van der Waals surface area contributed by atoms with Crippen LogP contribution in [0.3, 0.4) is 0 Å². The van der Waals surface area contributed by atoms with Gasteiger partial charge >= 0.3 is 0 Å². The summed E-state index contributed by atoms with van der Waals surface area (Å²) in [5, 5.41) is 30.9. The van der Waals surface area contributed by atoms with Gasteiger partial charge in [0.15, 0.2) is 35.3 Å². The fraction of sp³-hybridized carbons (Fsp3) is 0.390. The lowest BCUT2D eigenvalue weighted by molar-refractivity contribution is -0.131. The van der Waals surface area contributed by atoms with Crippen LogP contribution in [0.1, 0.15) is 101 Å². The maximum atomic E-state index is 12.4. The van der Waals surface area contributed by atoms with Gasteiger partial charge in [0.25, 0.3) is 17.7 Å². The average Bonchev–Trinajstić information content (AvgIpc) is 2.17. The minimum Gasteiger partial charge on any atom is -0.425 e. The highest BCUT2D eigenvalue weighted by Gasteiger charge is 2.43. The maximum Gasteiger partial charge on any atom is 0.290 e. The van der Waals surface area contributed by atoms with E-state index in [0.29, 0.717) is 67.4 Å². The van der Waals surface area contributed by atoms with Crippen molar-refractivity contribution in [2.45, 2.75) is 75.4 Å². The maximum absolute atomic E-state index is 12.4. The number of nitrogens with zero attached hydrogens (tertiary/aromatic N) is 5. The monoisotopic (exact) mass is 1290 g/mol. The quantitative estimate of drug-likeness (QED) is 0.0433. The number of sulfone groups is 3. The standard InChI is InChI=1S/C20H21N3O6S.C19H18N4O5S.C15H16N4O3.C5H8O3S/c24-17(14-10-30(27,28)11-14)9-21-19(25)13-6-15(7-13)22-20(26)18-8-16(23-29-18)12-4-2-1-3-5-12;24-17(16-8-15(23-28-16)11-4-2-1-3-5-11)20-14-6-12(7-14)18-21-22-19(27-18)13-9-29(25,26)10-13;16-18-14(20)10-6-11(7-10)17-15(21)13-8-12(19-22-13)9-4-2-1-3-5-9;1-4(6)5-2-9(7,8)3-5/h1-5,8,13-15H,6-7,9-11H2,(H,21,25)(H,22,26);1-5,8,12-14H,6-7,9-10H2,(H,20,24);1-5,8,10-11H,6-7,16H2,(H,17,21)(H,18,20);5H,2-3H2,1H3. The summed E-state index contributed by atoms with van der Waals surface area (Å²) >= 11 is 0. The summed E-state index contributed by atoms with van der Waals surface area (Å²) in [7, 11) is -8.80. The Morgan fingerprint density at radius 1 is 0.467 bits per heavy atom. The molecule has 3 aliphatic heterocycles. The number of hydrogen-bond donors (Lipinski definition) is 6. The Hall–Kier alpha value is -9.07. The molecule has 3 saturated heterocycles. The van der Waals surface area contributed by atoms with Crippen molar-refractivity contribution in [1.29, 1.82) is 0 Å². The van der Waals surface area contributed by atoms with E-state index in [9.17, 15) is 58.8 Å². The molecule has 0 bridgehead atoms. The Bertz CT molecular complexity index is 4080. The molecule has 3 aromatic carbocycles. The molecule has 3 saturated carbocycles. The third kappa shape index (κ3) is 16.2. The molecule has 4 aromatic heterocycles. The zero-order chi connectivity index (χ0) is 63.9. The zero-order valence-electron chi connectivity index (χ0n) is 48.3. The molecular formula is C59H63N11O17S3. The van der Waals surface area contributed by atoms with Gasteiger partial charge in [0, 0.05) is 82.6 Å². The highest BCUT2D eigenvalue weighted by Crippen LogP contribution is 2.38. The normalized spacial score (nSPS) is 22.3. The molecule has 5 amide bonds. The first kappa shape index (κ1) is 63.9. The summed E-state index contributed by atoms with van der Waals surface area (Å²) in [4.78, 5) is 82.5. The predicted octanol–water partition coefficient (Wildman–Crippen LogP) is 2.95. The van der Waals surface area contributed by atoms with Crippen LogP contribution in [0.15, 0.2) is 127 Å². The summed E-state index contributed by atoms with van der Waals surface area (Å²) in [6.07, 6.45) is 3.43. The van der Waals surface area contributed by atoms with Crippen LogP contribution >= 0.6 is 0 Å². The van der Waals surface area contributed by atoms with E-state index in [2.05, 4.69) is 52.4 Å². The molecule has 474 valence electrons. The van der Waals surface area contributed by atoms with Gasteiger partial charge in [-0.25, -0.2) is 31.1 Å². The number of aromatic nitrogens is 5. The molecule has 0 unspecified atom stereocenters. The Labute approximate surface area is 515 Å². The van der Waals surface area contributed by atoms with Gasteiger partial charge < -0.3 is 39.3 Å². The first-order chi connectivity index (χ1) is 43.0. The molecule has 3 aliphatic carbocycles. The van der Waals surface area contributed by atoms with E-state index < -0.39 is 41.3 Å². The minimum absolute atomic E-state index is 0.00942. The van der Waals surface area contributed by atoms with Gasteiger partial charge in [0.05, 0.1) is 47.0 Å². The third-order valence-electron chi connectivity index (χ3n) is 16.1. The average molecular weight is 1290 g/mol. The molecule has 28 nitrogen and oxygen atoms in total. The van der Waals surface area contributed by atoms with E-state index in [-0.39, 0.29) is 141 Å². The molecule has 6 aliphatic rings. The van der Waals surface area contributed by atoms with Crippen molar-refractivity contribution in [3.05, 3.63) is 138 Å². The highest BCUT2D eigenvalue weighted by atomic mass is 32.2. The lowest BCUT2D eigenvalue weighted by atomic mass is 9.79. The number of Topliss-reactive ketones (excluding diaryl/α,β-unsaturated/α-hetero) is 2. The smallest absolute Gasteiger partial charge is 0.290 e. The van der Waals surface area contributed by atoms with Gasteiger partial charge in [-0.3, -0.25) is 39.0 Å². The zero-order valence-corrected chi connectivity index (χ0v) is 50.7. The van der Waals surface area contributed by atoms with Gasteiger partial charge in [-0.2, -0.15) is 0 Å². The molecule has 13 rings (SSSR count). The highest BCUT2D eigenvalue weighted by molar-refractivity contribution is 7.93. The molecule has 7 aromatic rings. The molecule has 0 radical (unpaired) electrons. The lowest BCUT2D eigenvalue weighted by Gasteiger charge is -2.34. The van der Waals surface area contributed by atoms with Gasteiger partial charge in [0.2, 0.25) is 40.9 Å². The van der Waals surface area contributed by atoms with Crippen LogP contribution in [0.2, 0.25) is 0 Å². The van der Waals surface area contributed by atoms with Crippen molar-refractivity contribution < 1.29 is 76.8 Å². The molecular weight excluding hydrogens is 1230 g/mol. The number of benzene rings is 3. The number of carbonyl (C=O) groups is 7. The Balaban J connectivity index is 0.000000140. The van der Waals surface area contributed by atoms with Crippen LogP contribution in [0, 0.1) is 23.7 Å². The Kier molecular flexibility index (Phi) is 19.4. The molecule has 31 heteroatoms. The van der Waals surface area contributed by atoms with Crippen molar-refractivity contribution >= 4 is 70.6 Å². The molecule has 7 heterocycles. The third-order valence-corrected chi connectivity index (χ3v) is 21.5. The predicted molar refractivity (Wildman–Crippen MR) is 318 cm³/mol. The van der Waals surface area contributed by atoms with Gasteiger partial charge in [-0.15, -0.1) is 10.2 Å². The van der Waals surface area contributed by atoms with E-state index in [1.54, 1.807) is 18.2 Å². The number of hydrogen-bond acceptors (Lipinski definition) is 23.